The molecule has 2 aromatic rings. The first-order valence-electron chi connectivity index (χ1n) is 7.47. The second-order valence-electron chi connectivity index (χ2n) is 5.43. The Balaban J connectivity index is 0.00000288. The topological polar surface area (TPSA) is 75.8 Å². The zero-order chi connectivity index (χ0) is 16.7. The number of nitrogens with zero attached hydrogens (tertiary/aromatic N) is 1. The fraction of sp³-hybridized carbons (Fsp3) is 0.278. The minimum atomic E-state index is -0.752. The molecule has 0 radical (unpaired) electrons. The lowest BCUT2D eigenvalue weighted by atomic mass is 10.1. The molecule has 0 fully saturated rings. The molecule has 0 aromatic heterocycles. The zero-order valence-corrected chi connectivity index (χ0v) is 14.4. The van der Waals surface area contributed by atoms with Gasteiger partial charge in [-0.2, -0.15) is 0 Å². The lowest BCUT2D eigenvalue weighted by Crippen LogP contribution is -2.36. The number of nitrogen functional groups attached to an aromatic ring is 1. The van der Waals surface area contributed by atoms with Crippen LogP contribution < -0.4 is 5.73 Å². The van der Waals surface area contributed by atoms with Crippen LogP contribution in [0.3, 0.4) is 0 Å². The standard InChI is InChI=1S/C18H22N2O3.ClH/c1-20(18(22)16-9-5-6-10-17(16)19)11-15(21)13-23-12-14-7-3-2-4-8-14;/h2-10,15,21H,11-13,19H2,1H3;1H. The van der Waals surface area contributed by atoms with Crippen LogP contribution in [0.1, 0.15) is 15.9 Å². The van der Waals surface area contributed by atoms with Gasteiger partial charge in [0.15, 0.2) is 0 Å². The van der Waals surface area contributed by atoms with Crippen LogP contribution >= 0.6 is 12.4 Å². The highest BCUT2D eigenvalue weighted by Gasteiger charge is 2.17. The number of carbonyl (C=O) groups excluding carboxylic acids is 1. The van der Waals surface area contributed by atoms with Gasteiger partial charge >= 0.3 is 0 Å². The number of benzene rings is 2. The number of rotatable bonds is 7. The molecule has 0 spiro atoms. The van der Waals surface area contributed by atoms with Crippen LogP contribution in [-0.4, -0.2) is 42.2 Å². The molecular weight excluding hydrogens is 328 g/mol. The van der Waals surface area contributed by atoms with Crippen molar-refractivity contribution in [3.05, 3.63) is 65.7 Å². The van der Waals surface area contributed by atoms with Gasteiger partial charge in [0.25, 0.3) is 5.91 Å². The third-order valence-electron chi connectivity index (χ3n) is 3.44. The van der Waals surface area contributed by atoms with E-state index in [0.29, 0.717) is 17.9 Å². The molecular formula is C18H23ClN2O3. The minimum Gasteiger partial charge on any atom is -0.398 e. The van der Waals surface area contributed by atoms with E-state index in [-0.39, 0.29) is 31.5 Å². The molecule has 0 saturated heterocycles. The number of hydrogen-bond donors (Lipinski definition) is 2. The monoisotopic (exact) mass is 350 g/mol. The Bertz CT molecular complexity index is 637. The molecule has 0 aliphatic carbocycles. The summed E-state index contributed by atoms with van der Waals surface area (Å²) in [5.74, 6) is -0.217. The number of likely N-dealkylation sites (N-methyl/N-ethyl adjacent to an activating group) is 1. The predicted molar refractivity (Wildman–Crippen MR) is 97.2 cm³/mol. The van der Waals surface area contributed by atoms with E-state index >= 15 is 0 Å². The molecule has 130 valence electrons. The molecule has 0 bridgehead atoms. The van der Waals surface area contributed by atoms with Gasteiger partial charge < -0.3 is 20.5 Å². The maximum absolute atomic E-state index is 12.3. The van der Waals surface area contributed by atoms with Crippen LogP contribution in [0.15, 0.2) is 54.6 Å². The average molecular weight is 351 g/mol. The highest BCUT2D eigenvalue weighted by atomic mass is 35.5. The second kappa shape index (κ2) is 9.93. The maximum Gasteiger partial charge on any atom is 0.255 e. The number of aliphatic hydroxyl groups is 1. The van der Waals surface area contributed by atoms with Crippen molar-refractivity contribution < 1.29 is 14.6 Å². The summed E-state index contributed by atoms with van der Waals surface area (Å²) in [7, 11) is 1.63. The molecule has 3 N–H and O–H groups in total. The number of halogens is 1. The van der Waals surface area contributed by atoms with Gasteiger partial charge in [-0.3, -0.25) is 4.79 Å². The quantitative estimate of drug-likeness (QED) is 0.751. The Morgan fingerprint density at radius 3 is 2.46 bits per heavy atom. The summed E-state index contributed by atoms with van der Waals surface area (Å²) < 4.78 is 5.48. The summed E-state index contributed by atoms with van der Waals surface area (Å²) in [4.78, 5) is 13.7. The van der Waals surface area contributed by atoms with E-state index in [2.05, 4.69) is 0 Å². The van der Waals surface area contributed by atoms with E-state index in [1.807, 2.05) is 30.3 Å². The molecule has 1 amide bonds. The van der Waals surface area contributed by atoms with Crippen LogP contribution in [-0.2, 0) is 11.3 Å². The maximum atomic E-state index is 12.3. The van der Waals surface area contributed by atoms with E-state index < -0.39 is 6.10 Å². The lowest BCUT2D eigenvalue weighted by Gasteiger charge is -2.21. The summed E-state index contributed by atoms with van der Waals surface area (Å²) >= 11 is 0. The molecule has 5 nitrogen and oxygen atoms in total. The number of anilines is 1. The first-order chi connectivity index (χ1) is 11.1. The fourth-order valence-corrected chi connectivity index (χ4v) is 2.24. The number of para-hydroxylation sites is 1. The molecule has 0 saturated carbocycles. The Hall–Kier alpha value is -2.08. The molecule has 0 aliphatic heterocycles. The Morgan fingerprint density at radius 2 is 1.79 bits per heavy atom. The Morgan fingerprint density at radius 1 is 1.17 bits per heavy atom. The number of amides is 1. The van der Waals surface area contributed by atoms with Gasteiger partial charge in [-0.05, 0) is 17.7 Å². The van der Waals surface area contributed by atoms with Gasteiger partial charge in [0.1, 0.15) is 0 Å². The highest BCUT2D eigenvalue weighted by Crippen LogP contribution is 2.13. The fourth-order valence-electron chi connectivity index (χ4n) is 2.24. The number of aliphatic hydroxyl groups excluding tert-OH is 1. The number of ether oxygens (including phenoxy) is 1. The third-order valence-corrected chi connectivity index (χ3v) is 3.44. The second-order valence-corrected chi connectivity index (χ2v) is 5.43. The van der Waals surface area contributed by atoms with Gasteiger partial charge in [-0.1, -0.05) is 42.5 Å². The van der Waals surface area contributed by atoms with Gasteiger partial charge in [0, 0.05) is 19.3 Å². The normalized spacial score (nSPS) is 11.4. The zero-order valence-electron chi connectivity index (χ0n) is 13.6. The van der Waals surface area contributed by atoms with E-state index in [4.69, 9.17) is 10.5 Å². The van der Waals surface area contributed by atoms with Crippen LogP contribution in [0.25, 0.3) is 0 Å². The van der Waals surface area contributed by atoms with Crippen molar-refractivity contribution in [2.45, 2.75) is 12.7 Å². The van der Waals surface area contributed by atoms with E-state index in [0.717, 1.165) is 5.56 Å². The number of carbonyl (C=O) groups is 1. The van der Waals surface area contributed by atoms with Crippen LogP contribution in [0.4, 0.5) is 5.69 Å². The van der Waals surface area contributed by atoms with E-state index in [9.17, 15) is 9.90 Å². The molecule has 24 heavy (non-hydrogen) atoms. The third kappa shape index (κ3) is 5.85. The SMILES string of the molecule is CN(CC(O)COCc1ccccc1)C(=O)c1ccccc1N.Cl. The van der Waals surface area contributed by atoms with Crippen molar-refractivity contribution in [3.63, 3.8) is 0 Å². The van der Waals surface area contributed by atoms with Crippen molar-refractivity contribution in [3.8, 4) is 0 Å². The highest BCUT2D eigenvalue weighted by molar-refractivity contribution is 5.98. The van der Waals surface area contributed by atoms with Gasteiger partial charge in [0.2, 0.25) is 0 Å². The van der Waals surface area contributed by atoms with Crippen molar-refractivity contribution in [1.82, 2.24) is 4.90 Å². The molecule has 0 heterocycles. The molecule has 2 rings (SSSR count). The van der Waals surface area contributed by atoms with E-state index in [1.165, 1.54) is 4.90 Å². The van der Waals surface area contributed by atoms with Crippen LogP contribution in [0, 0.1) is 0 Å². The van der Waals surface area contributed by atoms with Gasteiger partial charge in [-0.15, -0.1) is 12.4 Å². The molecule has 1 unspecified atom stereocenters. The van der Waals surface area contributed by atoms with Gasteiger partial charge in [-0.25, -0.2) is 0 Å². The molecule has 2 aromatic carbocycles. The Kier molecular flexibility index (Phi) is 8.26. The lowest BCUT2D eigenvalue weighted by molar-refractivity contribution is 0.0137. The van der Waals surface area contributed by atoms with Gasteiger partial charge in [0.05, 0.1) is 24.9 Å². The van der Waals surface area contributed by atoms with Crippen LogP contribution in [0.5, 0.6) is 0 Å². The molecule has 0 aliphatic rings. The summed E-state index contributed by atoms with van der Waals surface area (Å²) in [6, 6.07) is 16.6. The Labute approximate surface area is 148 Å². The predicted octanol–water partition coefficient (Wildman–Crippen LogP) is 2.34. The molecule has 6 heteroatoms. The molecule has 1 atom stereocenters. The summed E-state index contributed by atoms with van der Waals surface area (Å²) in [5, 5.41) is 10.0. The summed E-state index contributed by atoms with van der Waals surface area (Å²) in [5.41, 5.74) is 7.71. The minimum absolute atomic E-state index is 0. The summed E-state index contributed by atoms with van der Waals surface area (Å²) in [6.07, 6.45) is -0.752. The van der Waals surface area contributed by atoms with Crippen molar-refractivity contribution >= 4 is 24.0 Å². The van der Waals surface area contributed by atoms with Crippen LogP contribution in [0.2, 0.25) is 0 Å². The summed E-state index contributed by atoms with van der Waals surface area (Å²) in [6.45, 7) is 0.778. The first kappa shape index (κ1) is 20.0. The number of nitrogens with two attached hydrogens (primary N) is 1. The van der Waals surface area contributed by atoms with Crippen molar-refractivity contribution in [2.24, 2.45) is 0 Å². The van der Waals surface area contributed by atoms with Crippen molar-refractivity contribution in [1.29, 1.82) is 0 Å². The first-order valence-corrected chi connectivity index (χ1v) is 7.47. The number of hydrogen-bond acceptors (Lipinski definition) is 4. The average Bonchev–Trinajstić information content (AvgIpc) is 2.55. The smallest absolute Gasteiger partial charge is 0.255 e. The van der Waals surface area contributed by atoms with Crippen molar-refractivity contribution in [2.75, 3.05) is 25.9 Å². The largest absolute Gasteiger partial charge is 0.398 e. The van der Waals surface area contributed by atoms with E-state index in [1.54, 1.807) is 31.3 Å².